The summed E-state index contributed by atoms with van der Waals surface area (Å²) in [6.45, 7) is 3.77. The number of carbonyl (C=O) groups is 4. The molecule has 136 valence electrons. The lowest BCUT2D eigenvalue weighted by Gasteiger charge is -2.43. The maximum atomic E-state index is 11.4. The summed E-state index contributed by atoms with van der Waals surface area (Å²) in [7, 11) is 0. The number of esters is 4. The minimum absolute atomic E-state index is 0.625. The van der Waals surface area contributed by atoms with E-state index in [0.29, 0.717) is 0 Å². The molecule has 1 aliphatic rings. The van der Waals surface area contributed by atoms with Gasteiger partial charge in [0.1, 0.15) is 6.10 Å². The highest BCUT2D eigenvalue weighted by Crippen LogP contribution is 2.29. The number of hydrogen-bond acceptors (Lipinski definition) is 10. The minimum atomic E-state index is -1.44. The molecule has 10 nitrogen and oxygen atoms in total. The lowest BCUT2D eigenvalue weighted by Crippen LogP contribution is -2.62. The summed E-state index contributed by atoms with van der Waals surface area (Å²) in [5.41, 5.74) is 0. The third-order valence-corrected chi connectivity index (χ3v) is 2.96. The summed E-state index contributed by atoms with van der Waals surface area (Å²) >= 11 is 0. The topological polar surface area (TPSA) is 135 Å². The van der Waals surface area contributed by atoms with Gasteiger partial charge in [0.15, 0.2) is 12.2 Å². The Morgan fingerprint density at radius 2 is 1.17 bits per heavy atom. The molecule has 5 atom stereocenters. The molecule has 24 heavy (non-hydrogen) atoms. The van der Waals surface area contributed by atoms with E-state index >= 15 is 0 Å². The van der Waals surface area contributed by atoms with Crippen LogP contribution in [0.2, 0.25) is 0 Å². The van der Waals surface area contributed by atoms with Gasteiger partial charge in [0.2, 0.25) is 12.4 Å². The Morgan fingerprint density at radius 1 is 0.750 bits per heavy atom. The molecule has 10 heteroatoms. The summed E-state index contributed by atoms with van der Waals surface area (Å²) in [5, 5.41) is 9.44. The third kappa shape index (κ3) is 5.46. The Kier molecular flexibility index (Phi) is 7.11. The van der Waals surface area contributed by atoms with E-state index in [1.165, 1.54) is 0 Å². The second-order valence-electron chi connectivity index (χ2n) is 5.06. The van der Waals surface area contributed by atoms with Crippen LogP contribution in [0.4, 0.5) is 0 Å². The van der Waals surface area contributed by atoms with Crippen LogP contribution in [0.15, 0.2) is 0 Å². The fraction of sp³-hybridized carbons (Fsp3) is 0.714. The van der Waals surface area contributed by atoms with Crippen LogP contribution in [-0.2, 0) is 42.9 Å². The van der Waals surface area contributed by atoms with Crippen LogP contribution >= 0.6 is 0 Å². The predicted molar refractivity (Wildman–Crippen MR) is 74.2 cm³/mol. The van der Waals surface area contributed by atoms with Gasteiger partial charge in [-0.1, -0.05) is 0 Å². The number of rotatable bonds is 5. The lowest BCUT2D eigenvalue weighted by molar-refractivity contribution is -0.299. The van der Waals surface area contributed by atoms with Gasteiger partial charge in [-0.15, -0.1) is 0 Å². The van der Waals surface area contributed by atoms with Gasteiger partial charge in [-0.05, 0) is 0 Å². The van der Waals surface area contributed by atoms with Gasteiger partial charge in [-0.3, -0.25) is 19.2 Å². The zero-order chi connectivity index (χ0) is 18.4. The maximum absolute atomic E-state index is 11.4. The van der Waals surface area contributed by atoms with Crippen molar-refractivity contribution in [3.63, 3.8) is 0 Å². The first-order chi connectivity index (χ1) is 11.1. The van der Waals surface area contributed by atoms with E-state index in [1.54, 1.807) is 0 Å². The summed E-state index contributed by atoms with van der Waals surface area (Å²) in [4.78, 5) is 45.3. The monoisotopic (exact) mass is 348 g/mol. The van der Waals surface area contributed by atoms with Gasteiger partial charge in [0, 0.05) is 27.7 Å². The van der Waals surface area contributed by atoms with Crippen LogP contribution in [0.3, 0.4) is 0 Å². The molecular weight excluding hydrogens is 328 g/mol. The van der Waals surface area contributed by atoms with Crippen molar-refractivity contribution in [3.8, 4) is 0 Å². The largest absolute Gasteiger partial charge is 0.456 e. The lowest BCUT2D eigenvalue weighted by atomic mass is 9.98. The highest BCUT2D eigenvalue weighted by Gasteiger charge is 2.53. The molecular formula is C14H20O10. The first-order valence-corrected chi connectivity index (χ1v) is 7.11. The van der Waals surface area contributed by atoms with E-state index in [9.17, 15) is 24.3 Å². The molecule has 0 bridgehead atoms. The van der Waals surface area contributed by atoms with Gasteiger partial charge in [0.05, 0.1) is 6.61 Å². The molecule has 0 saturated carbocycles. The Balaban J connectivity index is 3.23. The average molecular weight is 348 g/mol. The predicted octanol–water partition coefficient (Wildman–Crippen LogP) is -0.938. The van der Waals surface area contributed by atoms with Crippen LogP contribution in [0.25, 0.3) is 0 Å². The van der Waals surface area contributed by atoms with E-state index in [4.69, 9.17) is 23.7 Å². The number of hydrogen-bond donors (Lipinski definition) is 1. The Labute approximate surface area is 137 Å². The van der Waals surface area contributed by atoms with Crippen LogP contribution in [0.5, 0.6) is 0 Å². The van der Waals surface area contributed by atoms with Crippen LogP contribution in [0.1, 0.15) is 27.7 Å². The van der Waals surface area contributed by atoms with Crippen molar-refractivity contribution < 1.29 is 48.0 Å². The highest BCUT2D eigenvalue weighted by atomic mass is 16.7. The molecule has 0 spiro atoms. The van der Waals surface area contributed by atoms with Crippen molar-refractivity contribution in [3.05, 3.63) is 0 Å². The summed E-state index contributed by atoms with van der Waals surface area (Å²) in [6, 6.07) is 0. The van der Waals surface area contributed by atoms with E-state index in [1.807, 2.05) is 0 Å². The smallest absolute Gasteiger partial charge is 0.305 e. The number of ether oxygens (including phenoxy) is 5. The summed E-state index contributed by atoms with van der Waals surface area (Å²) in [6.07, 6.45) is -6.56. The summed E-state index contributed by atoms with van der Waals surface area (Å²) < 4.78 is 25.4. The van der Waals surface area contributed by atoms with E-state index in [0.717, 1.165) is 27.7 Å². The van der Waals surface area contributed by atoms with Gasteiger partial charge in [0.25, 0.3) is 0 Å². The average Bonchev–Trinajstić information content (AvgIpc) is 2.42. The fourth-order valence-corrected chi connectivity index (χ4v) is 2.26. The van der Waals surface area contributed by atoms with E-state index in [-0.39, 0.29) is 0 Å². The standard InChI is InChI=1S/C14H20O10/c1-6(16)20-11-10(5-15)24-14(23-9(4)19)13(22-8(3)18)12(11)21-7(2)17/h10-15H,5H2,1-4H3/t10-,11+,12?,13+,14?/m1/s1. The quantitative estimate of drug-likeness (QED) is 0.490. The Bertz CT molecular complexity index is 502. The van der Waals surface area contributed by atoms with Crippen LogP contribution in [-0.4, -0.2) is 66.3 Å². The zero-order valence-electron chi connectivity index (χ0n) is 13.7. The Hall–Kier alpha value is -2.20. The van der Waals surface area contributed by atoms with Gasteiger partial charge >= 0.3 is 23.9 Å². The molecule has 0 aromatic carbocycles. The van der Waals surface area contributed by atoms with Crippen molar-refractivity contribution in [2.45, 2.75) is 58.4 Å². The van der Waals surface area contributed by atoms with Gasteiger partial charge in [-0.25, -0.2) is 0 Å². The molecule has 1 fully saturated rings. The van der Waals surface area contributed by atoms with Crippen molar-refractivity contribution in [1.82, 2.24) is 0 Å². The van der Waals surface area contributed by atoms with Crippen molar-refractivity contribution >= 4 is 23.9 Å². The van der Waals surface area contributed by atoms with Crippen molar-refractivity contribution in [2.24, 2.45) is 0 Å². The minimum Gasteiger partial charge on any atom is -0.456 e. The van der Waals surface area contributed by atoms with Crippen LogP contribution in [0, 0.1) is 0 Å². The molecule has 1 heterocycles. The first-order valence-electron chi connectivity index (χ1n) is 7.11. The van der Waals surface area contributed by atoms with E-state index < -0.39 is 61.2 Å². The second kappa shape index (κ2) is 8.60. The number of carbonyl (C=O) groups excluding carboxylic acids is 4. The van der Waals surface area contributed by atoms with Crippen molar-refractivity contribution in [2.75, 3.05) is 6.61 Å². The van der Waals surface area contributed by atoms with E-state index in [2.05, 4.69) is 0 Å². The maximum Gasteiger partial charge on any atom is 0.305 e. The molecule has 0 aromatic heterocycles. The van der Waals surface area contributed by atoms with Crippen LogP contribution < -0.4 is 0 Å². The summed E-state index contributed by atoms with van der Waals surface area (Å²) in [5.74, 6) is -3.00. The van der Waals surface area contributed by atoms with Gasteiger partial charge in [-0.2, -0.15) is 0 Å². The van der Waals surface area contributed by atoms with Gasteiger partial charge < -0.3 is 28.8 Å². The highest BCUT2D eigenvalue weighted by molar-refractivity contribution is 5.69. The first kappa shape index (κ1) is 19.8. The second-order valence-corrected chi connectivity index (χ2v) is 5.06. The Morgan fingerprint density at radius 3 is 1.58 bits per heavy atom. The molecule has 0 radical (unpaired) electrons. The molecule has 0 amide bonds. The fourth-order valence-electron chi connectivity index (χ4n) is 2.26. The molecule has 2 unspecified atom stereocenters. The normalized spacial score (nSPS) is 29.3. The zero-order valence-corrected chi connectivity index (χ0v) is 13.7. The molecule has 1 saturated heterocycles. The molecule has 1 aliphatic heterocycles. The molecule has 1 N–H and O–H groups in total. The third-order valence-electron chi connectivity index (χ3n) is 2.96. The van der Waals surface area contributed by atoms with Crippen molar-refractivity contribution in [1.29, 1.82) is 0 Å². The molecule has 0 aliphatic carbocycles. The molecule has 0 aromatic rings. The SMILES string of the molecule is CC(=O)OC1O[C@H](CO)[C@H](OC(C)=O)C(OC(C)=O)[C@@H]1OC(C)=O. The number of aliphatic hydroxyl groups is 1. The molecule has 1 rings (SSSR count). The number of aliphatic hydroxyl groups excluding tert-OH is 1.